The molecule has 0 atom stereocenters. The summed E-state index contributed by atoms with van der Waals surface area (Å²) in [5.74, 6) is 0. The molecule has 12 heavy (non-hydrogen) atoms. The van der Waals surface area contributed by atoms with Crippen LogP contribution in [0.2, 0.25) is 0 Å². The second kappa shape index (κ2) is 3.05. The number of hydrogen-bond donors (Lipinski definition) is 1. The van der Waals surface area contributed by atoms with E-state index in [9.17, 15) is 18.0 Å². The van der Waals surface area contributed by atoms with Gasteiger partial charge in [-0.3, -0.25) is 10.1 Å². The Bertz CT molecular complexity index is 174. The molecule has 0 aromatic carbocycles. The first kappa shape index (κ1) is 9.51. The molecule has 1 rings (SSSR count). The van der Waals surface area contributed by atoms with Gasteiger partial charge in [-0.1, -0.05) is 0 Å². The summed E-state index contributed by atoms with van der Waals surface area (Å²) in [5, 5.41) is 2.17. The van der Waals surface area contributed by atoms with Crippen molar-refractivity contribution >= 4 is 6.29 Å². The molecule has 1 radical (unpaired) electrons. The highest BCUT2D eigenvalue weighted by Crippen LogP contribution is 2.44. The van der Waals surface area contributed by atoms with E-state index in [0.717, 1.165) is 0 Å². The molecule has 0 saturated heterocycles. The summed E-state index contributed by atoms with van der Waals surface area (Å²) >= 11 is 0. The number of nitrogens with one attached hydrogen (secondary N) is 1. The minimum Gasteiger partial charge on any atom is -0.296 e. The van der Waals surface area contributed by atoms with Gasteiger partial charge in [-0.2, -0.15) is 13.2 Å². The summed E-state index contributed by atoms with van der Waals surface area (Å²) in [4.78, 5) is 9.76. The molecule has 0 unspecified atom stereocenters. The van der Waals surface area contributed by atoms with Crippen LogP contribution in [0, 0.1) is 0 Å². The number of rotatable bonds is 3. The molecule has 0 aliphatic heterocycles. The van der Waals surface area contributed by atoms with Gasteiger partial charge in [0.05, 0.1) is 6.54 Å². The molecular formula is C7H9F3NO. The highest BCUT2D eigenvalue weighted by atomic mass is 19.4. The predicted molar refractivity (Wildman–Crippen MR) is 36.3 cm³/mol. The average molecular weight is 180 g/mol. The molecule has 1 aliphatic carbocycles. The lowest BCUT2D eigenvalue weighted by molar-refractivity contribution is -0.217. The molecule has 0 heterocycles. The van der Waals surface area contributed by atoms with Gasteiger partial charge in [0.2, 0.25) is 6.29 Å². The summed E-state index contributed by atoms with van der Waals surface area (Å²) in [6, 6.07) is 0. The van der Waals surface area contributed by atoms with E-state index in [1.165, 1.54) is 6.29 Å². The molecule has 1 saturated carbocycles. The number of carbonyl (C=O) groups excluding carboxylic acids is 1. The number of alkyl halides is 3. The van der Waals surface area contributed by atoms with Crippen LogP contribution in [0.25, 0.3) is 0 Å². The van der Waals surface area contributed by atoms with Crippen LogP contribution < -0.4 is 5.32 Å². The summed E-state index contributed by atoms with van der Waals surface area (Å²) < 4.78 is 36.9. The fourth-order valence-electron chi connectivity index (χ4n) is 1.30. The topological polar surface area (TPSA) is 29.1 Å². The lowest BCUT2D eigenvalue weighted by atomic mass is 9.76. The molecule has 1 fully saturated rings. The second-order valence-corrected chi connectivity index (χ2v) is 2.93. The third-order valence-electron chi connectivity index (χ3n) is 2.25. The van der Waals surface area contributed by atoms with Gasteiger partial charge >= 0.3 is 6.18 Å². The van der Waals surface area contributed by atoms with Gasteiger partial charge in [-0.05, 0) is 19.3 Å². The zero-order valence-corrected chi connectivity index (χ0v) is 6.37. The quantitative estimate of drug-likeness (QED) is 0.706. The van der Waals surface area contributed by atoms with Crippen molar-refractivity contribution < 1.29 is 18.0 Å². The fraction of sp³-hybridized carbons (Fsp3) is 0.857. The monoisotopic (exact) mass is 180 g/mol. The average Bonchev–Trinajstić information content (AvgIpc) is 1.82. The normalized spacial score (nSPS) is 21.6. The Balaban J connectivity index is 2.56. The van der Waals surface area contributed by atoms with Crippen LogP contribution in [0.5, 0.6) is 0 Å². The van der Waals surface area contributed by atoms with Crippen molar-refractivity contribution in [3.63, 3.8) is 0 Å². The first-order chi connectivity index (χ1) is 5.52. The zero-order chi connectivity index (χ0) is 9.24. The Morgan fingerprint density at radius 3 is 2.25 bits per heavy atom. The number of hydrogen-bond acceptors (Lipinski definition) is 2. The Morgan fingerprint density at radius 1 is 1.42 bits per heavy atom. The molecule has 0 aromatic rings. The Morgan fingerprint density at radius 2 is 2.00 bits per heavy atom. The fourth-order valence-corrected chi connectivity index (χ4v) is 1.30. The third-order valence-corrected chi connectivity index (χ3v) is 2.25. The van der Waals surface area contributed by atoms with Gasteiger partial charge < -0.3 is 0 Å². The van der Waals surface area contributed by atoms with Crippen molar-refractivity contribution in [2.45, 2.75) is 31.0 Å². The Labute approximate surface area is 68.1 Å². The maximum Gasteiger partial charge on any atom is 0.406 e. The van der Waals surface area contributed by atoms with E-state index in [0.29, 0.717) is 6.42 Å². The first-order valence-corrected chi connectivity index (χ1v) is 3.69. The molecular weight excluding hydrogens is 171 g/mol. The lowest BCUT2D eigenvalue weighted by Crippen LogP contribution is -2.61. The number of halogens is 3. The van der Waals surface area contributed by atoms with Crippen molar-refractivity contribution in [1.82, 2.24) is 5.32 Å². The zero-order valence-electron chi connectivity index (χ0n) is 6.37. The molecule has 1 N–H and O–H groups in total. The van der Waals surface area contributed by atoms with E-state index in [4.69, 9.17) is 0 Å². The first-order valence-electron chi connectivity index (χ1n) is 3.69. The highest BCUT2D eigenvalue weighted by Gasteiger charge is 2.57. The molecule has 69 valence electrons. The SMILES string of the molecule is O=[C]CNC1(C(F)(F)F)CCC1. The molecule has 0 aromatic heterocycles. The van der Waals surface area contributed by atoms with Gasteiger partial charge in [0.15, 0.2) is 0 Å². The van der Waals surface area contributed by atoms with Gasteiger partial charge in [0.25, 0.3) is 0 Å². The van der Waals surface area contributed by atoms with Crippen LogP contribution in [0.1, 0.15) is 19.3 Å². The van der Waals surface area contributed by atoms with Crippen molar-refractivity contribution in [1.29, 1.82) is 0 Å². The minimum absolute atomic E-state index is 0.0676. The largest absolute Gasteiger partial charge is 0.406 e. The van der Waals surface area contributed by atoms with Gasteiger partial charge in [0.1, 0.15) is 5.54 Å². The van der Waals surface area contributed by atoms with E-state index in [2.05, 4.69) is 5.32 Å². The summed E-state index contributed by atoms with van der Waals surface area (Å²) in [7, 11) is 0. The maximum atomic E-state index is 12.3. The van der Waals surface area contributed by atoms with E-state index >= 15 is 0 Å². The van der Waals surface area contributed by atoms with E-state index in [-0.39, 0.29) is 19.4 Å². The second-order valence-electron chi connectivity index (χ2n) is 2.93. The van der Waals surface area contributed by atoms with Gasteiger partial charge in [-0.25, -0.2) is 0 Å². The van der Waals surface area contributed by atoms with Crippen molar-refractivity contribution in [3.8, 4) is 0 Å². The van der Waals surface area contributed by atoms with Crippen LogP contribution in [0.4, 0.5) is 13.2 Å². The lowest BCUT2D eigenvalue weighted by Gasteiger charge is -2.43. The summed E-state index contributed by atoms with van der Waals surface area (Å²) in [5.41, 5.74) is -1.80. The van der Waals surface area contributed by atoms with Crippen molar-refractivity contribution in [3.05, 3.63) is 0 Å². The van der Waals surface area contributed by atoms with Crippen LogP contribution in [-0.4, -0.2) is 24.5 Å². The van der Waals surface area contributed by atoms with E-state index in [1.54, 1.807) is 0 Å². The smallest absolute Gasteiger partial charge is 0.296 e. The van der Waals surface area contributed by atoms with E-state index in [1.807, 2.05) is 0 Å². The van der Waals surface area contributed by atoms with Crippen LogP contribution in [-0.2, 0) is 4.79 Å². The van der Waals surface area contributed by atoms with E-state index < -0.39 is 11.7 Å². The molecule has 0 amide bonds. The molecule has 2 nitrogen and oxygen atoms in total. The van der Waals surface area contributed by atoms with Crippen LogP contribution in [0.3, 0.4) is 0 Å². The Hall–Kier alpha value is -0.580. The van der Waals surface area contributed by atoms with Gasteiger partial charge in [0, 0.05) is 0 Å². The van der Waals surface area contributed by atoms with Crippen molar-refractivity contribution in [2.75, 3.05) is 6.54 Å². The van der Waals surface area contributed by atoms with Crippen LogP contribution >= 0.6 is 0 Å². The maximum absolute atomic E-state index is 12.3. The summed E-state index contributed by atoms with van der Waals surface area (Å²) in [6.07, 6.45) is -2.15. The minimum atomic E-state index is -4.25. The standard InChI is InChI=1S/C7H9F3NO/c8-7(9,10)6(2-1-3-6)11-4-5-12/h11H,1-4H2. The van der Waals surface area contributed by atoms with Gasteiger partial charge in [-0.15, -0.1) is 0 Å². The predicted octanol–water partition coefficient (Wildman–Crippen LogP) is 1.17. The third kappa shape index (κ3) is 1.46. The van der Waals surface area contributed by atoms with Crippen LogP contribution in [0.15, 0.2) is 0 Å². The molecule has 1 aliphatic rings. The molecule has 0 bridgehead atoms. The Kier molecular flexibility index (Phi) is 2.41. The molecule has 5 heteroatoms. The highest BCUT2D eigenvalue weighted by molar-refractivity contribution is 5.53. The van der Waals surface area contributed by atoms with Crippen molar-refractivity contribution in [2.24, 2.45) is 0 Å². The summed E-state index contributed by atoms with van der Waals surface area (Å²) in [6.45, 7) is -0.348. The molecule has 0 spiro atoms.